The van der Waals surface area contributed by atoms with Gasteiger partial charge in [-0.15, -0.1) is 0 Å². The monoisotopic (exact) mass is 312 g/mol. The maximum Gasteiger partial charge on any atom is 0.251 e. The van der Waals surface area contributed by atoms with Crippen molar-refractivity contribution in [1.29, 1.82) is 0 Å². The quantitative estimate of drug-likeness (QED) is 0.738. The first-order chi connectivity index (χ1) is 11.2. The summed E-state index contributed by atoms with van der Waals surface area (Å²) < 4.78 is 4.96. The van der Waals surface area contributed by atoms with Crippen molar-refractivity contribution in [3.05, 3.63) is 41.8 Å². The van der Waals surface area contributed by atoms with Crippen LogP contribution in [0.1, 0.15) is 29.0 Å². The van der Waals surface area contributed by atoms with Crippen molar-refractivity contribution in [2.24, 2.45) is 0 Å². The van der Waals surface area contributed by atoms with Crippen molar-refractivity contribution < 1.29 is 9.32 Å². The Labute approximate surface area is 132 Å². The number of carbonyl (C=O) groups excluding carboxylic acids is 1. The summed E-state index contributed by atoms with van der Waals surface area (Å²) in [6.07, 6.45) is 1.48. The van der Waals surface area contributed by atoms with Gasteiger partial charge in [0.15, 0.2) is 5.82 Å². The third-order valence-corrected chi connectivity index (χ3v) is 3.21. The molecular weight excluding hydrogens is 296 g/mol. The van der Waals surface area contributed by atoms with E-state index >= 15 is 0 Å². The van der Waals surface area contributed by atoms with Crippen LogP contribution in [0.2, 0.25) is 0 Å². The molecule has 0 bridgehead atoms. The number of rotatable bonds is 5. The molecule has 0 aliphatic rings. The lowest BCUT2D eigenvalue weighted by atomic mass is 10.1. The molecule has 1 aromatic carbocycles. The highest BCUT2D eigenvalue weighted by molar-refractivity contribution is 5.99. The molecule has 0 fully saturated rings. The van der Waals surface area contributed by atoms with Gasteiger partial charge in [0.2, 0.25) is 5.89 Å². The number of amides is 1. The van der Waals surface area contributed by atoms with Crippen LogP contribution in [0.25, 0.3) is 10.9 Å². The Bertz CT molecular complexity index is 845. The summed E-state index contributed by atoms with van der Waals surface area (Å²) in [5, 5.41) is 10.5. The van der Waals surface area contributed by atoms with Gasteiger partial charge in [-0.25, -0.2) is 9.97 Å². The smallest absolute Gasteiger partial charge is 0.251 e. The predicted octanol–water partition coefficient (Wildman–Crippen LogP) is 1.68. The van der Waals surface area contributed by atoms with E-state index in [0.29, 0.717) is 22.8 Å². The van der Waals surface area contributed by atoms with Gasteiger partial charge in [-0.05, 0) is 32.0 Å². The summed E-state index contributed by atoms with van der Waals surface area (Å²) in [6, 6.07) is 5.30. The fraction of sp³-hybridized carbons (Fsp3) is 0.267. The van der Waals surface area contributed by atoms with Crippen molar-refractivity contribution in [2.45, 2.75) is 20.4 Å². The zero-order valence-electron chi connectivity index (χ0n) is 12.8. The summed E-state index contributed by atoms with van der Waals surface area (Å²) in [5.41, 5.74) is 1.21. The van der Waals surface area contributed by atoms with E-state index in [9.17, 15) is 4.79 Å². The molecular formula is C15H16N6O2. The molecule has 8 heteroatoms. The average molecular weight is 312 g/mol. The SMILES string of the molecule is CCNc1ncnc2cc(C(=O)NCc3nc(C)no3)ccc12. The molecule has 118 valence electrons. The van der Waals surface area contributed by atoms with E-state index in [1.54, 1.807) is 19.1 Å². The van der Waals surface area contributed by atoms with Crippen molar-refractivity contribution in [3.8, 4) is 0 Å². The van der Waals surface area contributed by atoms with E-state index in [2.05, 4.69) is 30.7 Å². The van der Waals surface area contributed by atoms with Gasteiger partial charge in [-0.3, -0.25) is 4.79 Å². The fourth-order valence-corrected chi connectivity index (χ4v) is 2.18. The van der Waals surface area contributed by atoms with Gasteiger partial charge in [0.1, 0.15) is 12.1 Å². The Balaban J connectivity index is 1.78. The first-order valence-corrected chi connectivity index (χ1v) is 7.23. The minimum absolute atomic E-state index is 0.185. The molecule has 1 amide bonds. The van der Waals surface area contributed by atoms with Crippen LogP contribution >= 0.6 is 0 Å². The number of anilines is 1. The van der Waals surface area contributed by atoms with E-state index in [1.165, 1.54) is 6.33 Å². The number of carbonyl (C=O) groups is 1. The van der Waals surface area contributed by atoms with E-state index in [-0.39, 0.29) is 12.5 Å². The van der Waals surface area contributed by atoms with Crippen LogP contribution in [0.3, 0.4) is 0 Å². The molecule has 23 heavy (non-hydrogen) atoms. The van der Waals surface area contributed by atoms with Crippen molar-refractivity contribution in [2.75, 3.05) is 11.9 Å². The third-order valence-electron chi connectivity index (χ3n) is 3.21. The number of nitrogens with one attached hydrogen (secondary N) is 2. The van der Waals surface area contributed by atoms with Gasteiger partial charge < -0.3 is 15.2 Å². The average Bonchev–Trinajstić information content (AvgIpc) is 2.98. The first-order valence-electron chi connectivity index (χ1n) is 7.23. The number of benzene rings is 1. The molecule has 0 saturated heterocycles. The highest BCUT2D eigenvalue weighted by atomic mass is 16.5. The highest BCUT2D eigenvalue weighted by Gasteiger charge is 2.11. The maximum atomic E-state index is 12.2. The second kappa shape index (κ2) is 6.39. The second-order valence-electron chi connectivity index (χ2n) is 4.90. The normalized spacial score (nSPS) is 10.7. The Morgan fingerprint density at radius 2 is 2.17 bits per heavy atom. The lowest BCUT2D eigenvalue weighted by molar-refractivity contribution is 0.0946. The van der Waals surface area contributed by atoms with Crippen LogP contribution in [0.4, 0.5) is 5.82 Å². The molecule has 2 aromatic heterocycles. The minimum Gasteiger partial charge on any atom is -0.370 e. The Kier molecular flexibility index (Phi) is 4.13. The molecule has 2 heterocycles. The second-order valence-corrected chi connectivity index (χ2v) is 4.90. The number of nitrogens with zero attached hydrogens (tertiary/aromatic N) is 4. The van der Waals surface area contributed by atoms with Gasteiger partial charge in [-0.2, -0.15) is 4.98 Å². The van der Waals surface area contributed by atoms with Crippen molar-refractivity contribution in [1.82, 2.24) is 25.4 Å². The minimum atomic E-state index is -0.230. The largest absolute Gasteiger partial charge is 0.370 e. The molecule has 0 spiro atoms. The molecule has 0 unspecified atom stereocenters. The van der Waals surface area contributed by atoms with Crippen molar-refractivity contribution in [3.63, 3.8) is 0 Å². The molecule has 3 aromatic rings. The molecule has 0 radical (unpaired) electrons. The number of aryl methyl sites for hydroxylation is 1. The van der Waals surface area contributed by atoms with E-state index in [0.717, 1.165) is 17.7 Å². The topological polar surface area (TPSA) is 106 Å². The van der Waals surface area contributed by atoms with Gasteiger partial charge in [0, 0.05) is 17.5 Å². The van der Waals surface area contributed by atoms with E-state index in [4.69, 9.17) is 4.52 Å². The van der Waals surface area contributed by atoms with Crippen LogP contribution in [-0.4, -0.2) is 32.6 Å². The van der Waals surface area contributed by atoms with Crippen LogP contribution in [0, 0.1) is 6.92 Å². The van der Waals surface area contributed by atoms with Crippen LogP contribution in [0.5, 0.6) is 0 Å². The van der Waals surface area contributed by atoms with Crippen molar-refractivity contribution >= 4 is 22.6 Å². The van der Waals surface area contributed by atoms with Gasteiger partial charge >= 0.3 is 0 Å². The lowest BCUT2D eigenvalue weighted by Gasteiger charge is -2.07. The molecule has 0 atom stereocenters. The van der Waals surface area contributed by atoms with Crippen LogP contribution < -0.4 is 10.6 Å². The number of fused-ring (bicyclic) bond motifs is 1. The number of hydrogen-bond acceptors (Lipinski definition) is 7. The molecule has 2 N–H and O–H groups in total. The fourth-order valence-electron chi connectivity index (χ4n) is 2.18. The molecule has 8 nitrogen and oxygen atoms in total. The van der Waals surface area contributed by atoms with Crippen LogP contribution in [0.15, 0.2) is 29.0 Å². The van der Waals surface area contributed by atoms with E-state index in [1.807, 2.05) is 13.0 Å². The summed E-state index contributed by atoms with van der Waals surface area (Å²) in [6.45, 7) is 4.66. The summed E-state index contributed by atoms with van der Waals surface area (Å²) >= 11 is 0. The Morgan fingerprint density at radius 1 is 1.30 bits per heavy atom. The lowest BCUT2D eigenvalue weighted by Crippen LogP contribution is -2.23. The molecule has 0 aliphatic heterocycles. The molecule has 0 saturated carbocycles. The summed E-state index contributed by atoms with van der Waals surface area (Å²) in [5.74, 6) is 1.43. The van der Waals surface area contributed by atoms with Gasteiger partial charge in [0.05, 0.1) is 12.1 Å². The number of hydrogen-bond donors (Lipinski definition) is 2. The zero-order valence-corrected chi connectivity index (χ0v) is 12.8. The standard InChI is InChI=1S/C15H16N6O2/c1-3-16-14-11-5-4-10(6-12(11)18-8-19-14)15(22)17-7-13-20-9(2)21-23-13/h4-6,8H,3,7H2,1-2H3,(H,17,22)(H,16,18,19). The van der Waals surface area contributed by atoms with Crippen LogP contribution in [-0.2, 0) is 6.54 Å². The molecule has 3 rings (SSSR count). The zero-order chi connectivity index (χ0) is 16.2. The first kappa shape index (κ1) is 14.9. The third kappa shape index (κ3) is 3.25. The van der Waals surface area contributed by atoms with E-state index < -0.39 is 0 Å². The maximum absolute atomic E-state index is 12.2. The number of aromatic nitrogens is 4. The summed E-state index contributed by atoms with van der Waals surface area (Å²) in [7, 11) is 0. The highest BCUT2D eigenvalue weighted by Crippen LogP contribution is 2.20. The molecule has 0 aliphatic carbocycles. The Hall–Kier alpha value is -3.03. The van der Waals surface area contributed by atoms with Gasteiger partial charge in [0.25, 0.3) is 5.91 Å². The Morgan fingerprint density at radius 3 is 2.91 bits per heavy atom. The summed E-state index contributed by atoms with van der Waals surface area (Å²) in [4.78, 5) is 24.7. The predicted molar refractivity (Wildman–Crippen MR) is 83.9 cm³/mol. The van der Waals surface area contributed by atoms with Gasteiger partial charge in [-0.1, -0.05) is 5.16 Å².